The first-order valence-corrected chi connectivity index (χ1v) is 6.69. The number of thioether (sulfide) groups is 1. The van der Waals surface area contributed by atoms with Crippen LogP contribution in [0.25, 0.3) is 0 Å². The second kappa shape index (κ2) is 6.69. The van der Waals surface area contributed by atoms with E-state index in [1.54, 1.807) is 6.92 Å². The van der Waals surface area contributed by atoms with Crippen molar-refractivity contribution in [3.63, 3.8) is 0 Å². The van der Waals surface area contributed by atoms with E-state index in [0.29, 0.717) is 11.8 Å². The second-order valence-corrected chi connectivity index (χ2v) is 5.19. The molecule has 1 aromatic heterocycles. The zero-order valence-corrected chi connectivity index (χ0v) is 11.6. The Bertz CT molecular complexity index is 356. The molecule has 17 heavy (non-hydrogen) atoms. The van der Waals surface area contributed by atoms with E-state index < -0.39 is 0 Å². The van der Waals surface area contributed by atoms with Gasteiger partial charge in [-0.25, -0.2) is 4.98 Å². The molecule has 96 valence electrons. The molecule has 0 aliphatic carbocycles. The third-order valence-corrected chi connectivity index (χ3v) is 3.28. The smallest absolute Gasteiger partial charge is 0.319 e. The molecule has 0 saturated carbocycles. The van der Waals surface area contributed by atoms with Crippen molar-refractivity contribution in [3.8, 4) is 0 Å². The van der Waals surface area contributed by atoms with Gasteiger partial charge in [-0.3, -0.25) is 4.79 Å². The van der Waals surface area contributed by atoms with Crippen molar-refractivity contribution in [1.82, 2.24) is 4.98 Å². The Kier molecular flexibility index (Phi) is 5.55. The Morgan fingerprint density at radius 1 is 1.53 bits per heavy atom. The highest BCUT2D eigenvalue weighted by Gasteiger charge is 2.19. The fourth-order valence-electron chi connectivity index (χ4n) is 1.13. The molecule has 0 amide bonds. The van der Waals surface area contributed by atoms with Crippen LogP contribution < -0.4 is 0 Å². The molecule has 0 fully saturated rings. The number of aromatic nitrogens is 1. The van der Waals surface area contributed by atoms with Crippen molar-refractivity contribution in [3.05, 3.63) is 11.5 Å². The minimum absolute atomic E-state index is 0.211. The van der Waals surface area contributed by atoms with Crippen LogP contribution in [-0.4, -0.2) is 22.8 Å². The summed E-state index contributed by atoms with van der Waals surface area (Å²) in [5.41, 5.74) is 0.860. The summed E-state index contributed by atoms with van der Waals surface area (Å²) in [6.07, 6.45) is 1.92. The van der Waals surface area contributed by atoms with Crippen molar-refractivity contribution in [1.29, 1.82) is 0 Å². The number of unbranched alkanes of at least 4 members (excludes halogenated alkanes) is 1. The fourth-order valence-corrected chi connectivity index (χ4v) is 1.96. The number of carbonyl (C=O) groups is 1. The number of oxazole rings is 1. The first kappa shape index (κ1) is 14.1. The Balaban J connectivity index is 2.42. The van der Waals surface area contributed by atoms with Crippen molar-refractivity contribution < 1.29 is 13.9 Å². The molecule has 0 unspecified atom stereocenters. The van der Waals surface area contributed by atoms with Gasteiger partial charge in [-0.1, -0.05) is 25.1 Å². The predicted molar refractivity (Wildman–Crippen MR) is 67.2 cm³/mol. The molecule has 1 rings (SSSR count). The normalized spacial score (nSPS) is 12.5. The maximum Gasteiger partial charge on any atom is 0.319 e. The summed E-state index contributed by atoms with van der Waals surface area (Å²) >= 11 is 1.29. The lowest BCUT2D eigenvalue weighted by atomic mass is 10.4. The van der Waals surface area contributed by atoms with Crippen LogP contribution in [0.3, 0.4) is 0 Å². The number of hydrogen-bond donors (Lipinski definition) is 0. The van der Waals surface area contributed by atoms with Crippen molar-refractivity contribution in [2.75, 3.05) is 6.61 Å². The predicted octanol–water partition coefficient (Wildman–Crippen LogP) is 3.12. The fraction of sp³-hybridized carbons (Fsp3) is 0.667. The van der Waals surface area contributed by atoms with Gasteiger partial charge >= 0.3 is 5.97 Å². The molecule has 0 radical (unpaired) electrons. The maximum atomic E-state index is 11.6. The number of nitrogens with zero attached hydrogens (tertiary/aromatic N) is 1. The first-order valence-electron chi connectivity index (χ1n) is 5.82. The van der Waals surface area contributed by atoms with Crippen LogP contribution in [0.5, 0.6) is 0 Å². The largest absolute Gasteiger partial charge is 0.465 e. The molecule has 5 heteroatoms. The molecule has 0 N–H and O–H groups in total. The number of rotatable bonds is 6. The van der Waals surface area contributed by atoms with Crippen LogP contribution in [0.2, 0.25) is 0 Å². The van der Waals surface area contributed by atoms with Crippen molar-refractivity contribution in [2.45, 2.75) is 51.0 Å². The van der Waals surface area contributed by atoms with E-state index in [1.165, 1.54) is 11.8 Å². The summed E-state index contributed by atoms with van der Waals surface area (Å²) in [6, 6.07) is 0. The highest BCUT2D eigenvalue weighted by molar-refractivity contribution is 8.00. The Labute approximate surface area is 106 Å². The van der Waals surface area contributed by atoms with Gasteiger partial charge in [-0.2, -0.15) is 0 Å². The van der Waals surface area contributed by atoms with Gasteiger partial charge in [0.1, 0.15) is 11.0 Å². The molecule has 0 aliphatic rings. The lowest BCUT2D eigenvalue weighted by Gasteiger charge is -2.08. The van der Waals surface area contributed by atoms with Gasteiger partial charge in [0.05, 0.1) is 12.3 Å². The number of hydrogen-bond acceptors (Lipinski definition) is 5. The van der Waals surface area contributed by atoms with Crippen LogP contribution in [0.15, 0.2) is 9.64 Å². The molecule has 1 atom stereocenters. The third-order valence-electron chi connectivity index (χ3n) is 2.36. The van der Waals surface area contributed by atoms with Gasteiger partial charge in [-0.05, 0) is 27.2 Å². The van der Waals surface area contributed by atoms with Crippen LogP contribution in [-0.2, 0) is 9.53 Å². The molecule has 0 saturated heterocycles. The quantitative estimate of drug-likeness (QED) is 0.445. The topological polar surface area (TPSA) is 52.3 Å². The van der Waals surface area contributed by atoms with E-state index in [4.69, 9.17) is 9.15 Å². The first-order chi connectivity index (χ1) is 8.04. The van der Waals surface area contributed by atoms with Crippen molar-refractivity contribution >= 4 is 17.7 Å². The standard InChI is InChI=1S/C12H19NO3S/c1-5-6-7-15-11(14)10(4)17-12-13-8(2)9(3)16-12/h10H,5-7H2,1-4H3/t10-/m1/s1. The van der Waals surface area contributed by atoms with Crippen LogP contribution in [0.1, 0.15) is 38.1 Å². The van der Waals surface area contributed by atoms with Gasteiger partial charge in [0.15, 0.2) is 0 Å². The number of carbonyl (C=O) groups excluding carboxylic acids is 1. The molecule has 0 aliphatic heterocycles. The van der Waals surface area contributed by atoms with Gasteiger partial charge in [0, 0.05) is 0 Å². The average molecular weight is 257 g/mol. The number of aryl methyl sites for hydroxylation is 2. The Morgan fingerprint density at radius 2 is 2.24 bits per heavy atom. The summed E-state index contributed by atoms with van der Waals surface area (Å²) in [4.78, 5) is 15.8. The lowest BCUT2D eigenvalue weighted by Crippen LogP contribution is -2.17. The summed E-state index contributed by atoms with van der Waals surface area (Å²) < 4.78 is 10.5. The molecule has 0 spiro atoms. The second-order valence-electron chi connectivity index (χ2n) is 3.90. The van der Waals surface area contributed by atoms with E-state index in [1.807, 2.05) is 13.8 Å². The summed E-state index contributed by atoms with van der Waals surface area (Å²) in [5, 5.41) is 0.240. The van der Waals surface area contributed by atoms with E-state index >= 15 is 0 Å². The van der Waals surface area contributed by atoms with Gasteiger partial charge in [-0.15, -0.1) is 0 Å². The van der Waals surface area contributed by atoms with Crippen LogP contribution in [0, 0.1) is 13.8 Å². The average Bonchev–Trinajstić information content (AvgIpc) is 2.58. The Hall–Kier alpha value is -0.970. The molecule has 0 aromatic carbocycles. The minimum Gasteiger partial charge on any atom is -0.465 e. The summed E-state index contributed by atoms with van der Waals surface area (Å²) in [6.45, 7) is 8.09. The van der Waals surface area contributed by atoms with Gasteiger partial charge in [0.25, 0.3) is 5.22 Å². The van der Waals surface area contributed by atoms with Gasteiger partial charge in [0.2, 0.25) is 0 Å². The molecule has 0 bridgehead atoms. The van der Waals surface area contributed by atoms with E-state index in [0.717, 1.165) is 24.3 Å². The lowest BCUT2D eigenvalue weighted by molar-refractivity contribution is -0.142. The van der Waals surface area contributed by atoms with Crippen LogP contribution >= 0.6 is 11.8 Å². The number of esters is 1. The maximum absolute atomic E-state index is 11.6. The zero-order valence-electron chi connectivity index (χ0n) is 10.8. The molecule has 1 aromatic rings. The molecule has 4 nitrogen and oxygen atoms in total. The SMILES string of the molecule is CCCCOC(=O)[C@@H](C)Sc1nc(C)c(C)o1. The monoisotopic (exact) mass is 257 g/mol. The number of ether oxygens (including phenoxy) is 1. The van der Waals surface area contributed by atoms with Crippen LogP contribution in [0.4, 0.5) is 0 Å². The highest BCUT2D eigenvalue weighted by atomic mass is 32.2. The highest BCUT2D eigenvalue weighted by Crippen LogP contribution is 2.25. The van der Waals surface area contributed by atoms with E-state index in [9.17, 15) is 4.79 Å². The molecular weight excluding hydrogens is 238 g/mol. The third kappa shape index (κ3) is 4.42. The van der Waals surface area contributed by atoms with E-state index in [2.05, 4.69) is 11.9 Å². The summed E-state index contributed by atoms with van der Waals surface area (Å²) in [7, 11) is 0. The van der Waals surface area contributed by atoms with Gasteiger partial charge < -0.3 is 9.15 Å². The Morgan fingerprint density at radius 3 is 2.76 bits per heavy atom. The minimum atomic E-state index is -0.288. The molecule has 1 heterocycles. The van der Waals surface area contributed by atoms with Crippen molar-refractivity contribution in [2.24, 2.45) is 0 Å². The summed E-state index contributed by atoms with van der Waals surface area (Å²) in [5.74, 6) is 0.580. The zero-order chi connectivity index (χ0) is 12.8. The molecular formula is C12H19NO3S. The van der Waals surface area contributed by atoms with E-state index in [-0.39, 0.29) is 11.2 Å².